The van der Waals surface area contributed by atoms with Gasteiger partial charge in [0, 0.05) is 19.4 Å². The summed E-state index contributed by atoms with van der Waals surface area (Å²) in [5.74, 6) is -0.346. The third kappa shape index (κ3) is 2.51. The summed E-state index contributed by atoms with van der Waals surface area (Å²) in [5.41, 5.74) is -0.402. The molecule has 0 radical (unpaired) electrons. The molecule has 1 aliphatic heterocycles. The molecule has 1 N–H and O–H groups in total. The average Bonchev–Trinajstić information content (AvgIpc) is 2.18. The molecule has 1 aliphatic carbocycles. The minimum atomic E-state index is -0.739. The van der Waals surface area contributed by atoms with E-state index in [4.69, 9.17) is 5.11 Å². The molecular formula is C13H21NO3. The first kappa shape index (κ1) is 12.6. The number of nitrogens with zero attached hydrogens (tertiary/aromatic N) is 1. The van der Waals surface area contributed by atoms with E-state index in [2.05, 4.69) is 4.90 Å². The number of ketones is 1. The fourth-order valence-corrected chi connectivity index (χ4v) is 2.95. The SMILES string of the molecule is CC(C)(CN1CCC2(CC1)CC(=O)C2)C(=O)O. The zero-order valence-corrected chi connectivity index (χ0v) is 10.7. The van der Waals surface area contributed by atoms with Crippen molar-refractivity contribution in [1.29, 1.82) is 0 Å². The quantitative estimate of drug-likeness (QED) is 0.811. The van der Waals surface area contributed by atoms with E-state index in [1.165, 1.54) is 0 Å². The summed E-state index contributed by atoms with van der Waals surface area (Å²) in [5, 5.41) is 9.10. The summed E-state index contributed by atoms with van der Waals surface area (Å²) in [6.07, 6.45) is 3.61. The van der Waals surface area contributed by atoms with E-state index in [0.717, 1.165) is 38.8 Å². The van der Waals surface area contributed by atoms with Crippen LogP contribution in [-0.4, -0.2) is 41.4 Å². The second kappa shape index (κ2) is 4.09. The molecule has 0 aromatic heterocycles. The zero-order chi connectivity index (χ0) is 12.7. The van der Waals surface area contributed by atoms with E-state index in [-0.39, 0.29) is 5.41 Å². The fraction of sp³-hybridized carbons (Fsp3) is 0.846. The maximum Gasteiger partial charge on any atom is 0.310 e. The first-order valence-electron chi connectivity index (χ1n) is 6.31. The van der Waals surface area contributed by atoms with Crippen molar-refractivity contribution < 1.29 is 14.7 Å². The lowest BCUT2D eigenvalue weighted by Crippen LogP contribution is -2.50. The van der Waals surface area contributed by atoms with E-state index >= 15 is 0 Å². The summed E-state index contributed by atoms with van der Waals surface area (Å²) in [6.45, 7) is 6.01. The first-order valence-corrected chi connectivity index (χ1v) is 6.31. The summed E-state index contributed by atoms with van der Waals surface area (Å²) in [6, 6.07) is 0. The number of rotatable bonds is 3. The Morgan fingerprint density at radius 1 is 1.35 bits per heavy atom. The molecule has 0 amide bonds. The highest BCUT2D eigenvalue weighted by Crippen LogP contribution is 2.46. The van der Waals surface area contributed by atoms with Crippen molar-refractivity contribution in [3.05, 3.63) is 0 Å². The third-order valence-electron chi connectivity index (χ3n) is 4.26. The second-order valence-electron chi connectivity index (χ2n) is 6.36. The Balaban J connectivity index is 1.84. The Bertz CT molecular complexity index is 331. The van der Waals surface area contributed by atoms with Crippen LogP contribution in [0.4, 0.5) is 0 Å². The Labute approximate surface area is 102 Å². The van der Waals surface area contributed by atoms with Crippen molar-refractivity contribution in [3.8, 4) is 0 Å². The minimum Gasteiger partial charge on any atom is -0.481 e. The topological polar surface area (TPSA) is 57.6 Å². The van der Waals surface area contributed by atoms with Crippen molar-refractivity contribution in [2.24, 2.45) is 10.8 Å². The predicted octanol–water partition coefficient (Wildman–Crippen LogP) is 1.54. The number of carbonyl (C=O) groups excluding carboxylic acids is 1. The number of aliphatic carboxylic acids is 1. The van der Waals surface area contributed by atoms with Crippen molar-refractivity contribution in [1.82, 2.24) is 4.90 Å². The van der Waals surface area contributed by atoms with E-state index < -0.39 is 11.4 Å². The number of carboxylic acids is 1. The lowest BCUT2D eigenvalue weighted by Gasteiger charge is -2.47. The maximum absolute atomic E-state index is 11.1. The maximum atomic E-state index is 11.1. The van der Waals surface area contributed by atoms with Gasteiger partial charge in [-0.2, -0.15) is 0 Å². The average molecular weight is 239 g/mol. The van der Waals surface area contributed by atoms with Gasteiger partial charge in [0.15, 0.2) is 0 Å². The number of likely N-dealkylation sites (tertiary alicyclic amines) is 1. The molecule has 1 saturated heterocycles. The van der Waals surface area contributed by atoms with Gasteiger partial charge in [0.1, 0.15) is 5.78 Å². The van der Waals surface area contributed by atoms with Gasteiger partial charge in [-0.05, 0) is 45.2 Å². The molecule has 1 heterocycles. The van der Waals surface area contributed by atoms with E-state index in [1.54, 1.807) is 13.8 Å². The first-order chi connectivity index (χ1) is 7.83. The number of Topliss-reactive ketones (excluding diaryl/α,β-unsaturated/α-hetero) is 1. The van der Waals surface area contributed by atoms with Gasteiger partial charge in [-0.25, -0.2) is 0 Å². The normalized spacial score (nSPS) is 24.7. The van der Waals surface area contributed by atoms with Gasteiger partial charge in [0.2, 0.25) is 0 Å². The van der Waals surface area contributed by atoms with Crippen molar-refractivity contribution in [3.63, 3.8) is 0 Å². The van der Waals surface area contributed by atoms with Gasteiger partial charge in [-0.15, -0.1) is 0 Å². The minimum absolute atomic E-state index is 0.279. The molecule has 2 fully saturated rings. The van der Waals surface area contributed by atoms with Gasteiger partial charge in [0.05, 0.1) is 5.41 Å². The zero-order valence-electron chi connectivity index (χ0n) is 10.7. The fourth-order valence-electron chi connectivity index (χ4n) is 2.95. The summed E-state index contributed by atoms with van der Waals surface area (Å²) in [7, 11) is 0. The summed E-state index contributed by atoms with van der Waals surface area (Å²) < 4.78 is 0. The molecule has 0 aromatic rings. The largest absolute Gasteiger partial charge is 0.481 e. The molecule has 0 unspecified atom stereocenters. The van der Waals surface area contributed by atoms with Crippen molar-refractivity contribution in [2.75, 3.05) is 19.6 Å². The molecule has 0 bridgehead atoms. The number of carboxylic acid groups (broad SMARTS) is 1. The number of hydrogen-bond acceptors (Lipinski definition) is 3. The standard InChI is InChI=1S/C13H21NO3/c1-12(2,11(16)17)9-14-5-3-13(4-6-14)7-10(15)8-13/h3-9H2,1-2H3,(H,16,17). The third-order valence-corrected chi connectivity index (χ3v) is 4.26. The number of carbonyl (C=O) groups is 2. The van der Waals surface area contributed by atoms with Crippen LogP contribution in [0.2, 0.25) is 0 Å². The smallest absolute Gasteiger partial charge is 0.310 e. The van der Waals surface area contributed by atoms with Gasteiger partial charge >= 0.3 is 5.97 Å². The highest BCUT2D eigenvalue weighted by atomic mass is 16.4. The van der Waals surface area contributed by atoms with Crippen LogP contribution >= 0.6 is 0 Å². The van der Waals surface area contributed by atoms with Gasteiger partial charge in [-0.1, -0.05) is 0 Å². The lowest BCUT2D eigenvalue weighted by atomic mass is 9.62. The molecule has 17 heavy (non-hydrogen) atoms. The van der Waals surface area contributed by atoms with Gasteiger partial charge in [0.25, 0.3) is 0 Å². The van der Waals surface area contributed by atoms with Gasteiger partial charge in [-0.3, -0.25) is 9.59 Å². The molecule has 0 atom stereocenters. The Kier molecular flexibility index (Phi) is 3.02. The molecule has 2 aliphatic rings. The van der Waals surface area contributed by atoms with Gasteiger partial charge < -0.3 is 10.0 Å². The van der Waals surface area contributed by atoms with Crippen LogP contribution < -0.4 is 0 Å². The van der Waals surface area contributed by atoms with Crippen LogP contribution in [0, 0.1) is 10.8 Å². The Hall–Kier alpha value is -0.900. The molecule has 4 heteroatoms. The molecule has 2 rings (SSSR count). The van der Waals surface area contributed by atoms with Crippen molar-refractivity contribution in [2.45, 2.75) is 39.5 Å². The number of hydrogen-bond donors (Lipinski definition) is 1. The molecule has 96 valence electrons. The predicted molar refractivity (Wildman–Crippen MR) is 63.8 cm³/mol. The van der Waals surface area contributed by atoms with E-state index in [0.29, 0.717) is 12.3 Å². The highest BCUT2D eigenvalue weighted by molar-refractivity contribution is 5.86. The van der Waals surface area contributed by atoms with E-state index in [9.17, 15) is 9.59 Å². The van der Waals surface area contributed by atoms with Crippen LogP contribution in [0.3, 0.4) is 0 Å². The van der Waals surface area contributed by atoms with Crippen LogP contribution in [0.1, 0.15) is 39.5 Å². The molecule has 4 nitrogen and oxygen atoms in total. The summed E-state index contributed by atoms with van der Waals surface area (Å²) >= 11 is 0. The molecule has 1 saturated carbocycles. The van der Waals surface area contributed by atoms with E-state index in [1.807, 2.05) is 0 Å². The summed E-state index contributed by atoms with van der Waals surface area (Å²) in [4.78, 5) is 24.4. The lowest BCUT2D eigenvalue weighted by molar-refractivity contribution is -0.148. The van der Waals surface area contributed by atoms with Crippen molar-refractivity contribution >= 4 is 11.8 Å². The second-order valence-corrected chi connectivity index (χ2v) is 6.36. The molecule has 1 spiro atoms. The Morgan fingerprint density at radius 2 is 1.88 bits per heavy atom. The van der Waals surface area contributed by atoms with Crippen LogP contribution in [0.15, 0.2) is 0 Å². The Morgan fingerprint density at radius 3 is 2.29 bits per heavy atom. The monoisotopic (exact) mass is 239 g/mol. The van der Waals surface area contributed by atoms with Crippen LogP contribution in [-0.2, 0) is 9.59 Å². The number of piperidine rings is 1. The van der Waals surface area contributed by atoms with Crippen LogP contribution in [0.5, 0.6) is 0 Å². The van der Waals surface area contributed by atoms with Crippen LogP contribution in [0.25, 0.3) is 0 Å². The molecular weight excluding hydrogens is 218 g/mol. The molecule has 0 aromatic carbocycles. The highest BCUT2D eigenvalue weighted by Gasteiger charge is 2.45.